The van der Waals surface area contributed by atoms with E-state index >= 15 is 0 Å². The van der Waals surface area contributed by atoms with Gasteiger partial charge in [-0.3, -0.25) is 5.32 Å². The van der Waals surface area contributed by atoms with Crippen molar-refractivity contribution in [2.75, 3.05) is 5.32 Å². The van der Waals surface area contributed by atoms with Crippen LogP contribution in [0.3, 0.4) is 0 Å². The van der Waals surface area contributed by atoms with Crippen LogP contribution in [0.4, 0.5) is 10.7 Å². The zero-order valence-corrected chi connectivity index (χ0v) is 12.7. The lowest BCUT2D eigenvalue weighted by Crippen LogP contribution is -2.28. The Morgan fingerprint density at radius 3 is 2.25 bits per heavy atom. The zero-order valence-electron chi connectivity index (χ0n) is 12.7. The fourth-order valence-corrected chi connectivity index (χ4v) is 2.16. The number of rotatable bonds is 2. The maximum absolute atomic E-state index is 11.6. The quantitative estimate of drug-likeness (QED) is 0.867. The molecule has 1 saturated carbocycles. The molecular formula is C14H22N4O2. The summed E-state index contributed by atoms with van der Waals surface area (Å²) in [5.74, 6) is 0.213. The normalized spacial score (nSPS) is 24.1. The molecule has 1 atom stereocenters. The van der Waals surface area contributed by atoms with Gasteiger partial charge in [0.2, 0.25) is 5.95 Å². The molecule has 1 aromatic heterocycles. The van der Waals surface area contributed by atoms with Crippen LogP contribution in [0.15, 0.2) is 12.4 Å². The number of carbonyl (C=O) groups excluding carboxylic acids is 1. The van der Waals surface area contributed by atoms with Gasteiger partial charge in [-0.1, -0.05) is 13.8 Å². The Labute approximate surface area is 119 Å². The second-order valence-electron chi connectivity index (χ2n) is 6.95. The third kappa shape index (κ3) is 2.90. The molecule has 1 unspecified atom stereocenters. The molecule has 1 fully saturated rings. The van der Waals surface area contributed by atoms with Crippen LogP contribution in [0, 0.1) is 5.41 Å². The summed E-state index contributed by atoms with van der Waals surface area (Å²) in [4.78, 5) is 19.8. The summed E-state index contributed by atoms with van der Waals surface area (Å²) in [5, 5.41) is 2.49. The molecule has 0 radical (unpaired) electrons. The number of carbonyl (C=O) groups is 1. The predicted octanol–water partition coefficient (Wildman–Crippen LogP) is 2.41. The molecule has 3 N–H and O–H groups in total. The largest absolute Gasteiger partial charge is 0.444 e. The van der Waals surface area contributed by atoms with Crippen LogP contribution in [-0.2, 0) is 10.3 Å². The van der Waals surface area contributed by atoms with Crippen LogP contribution in [0.25, 0.3) is 0 Å². The van der Waals surface area contributed by atoms with Crippen molar-refractivity contribution in [1.29, 1.82) is 0 Å². The Hall–Kier alpha value is -1.69. The Kier molecular flexibility index (Phi) is 3.25. The third-order valence-corrected chi connectivity index (χ3v) is 3.58. The number of hydrogen-bond acceptors (Lipinski definition) is 5. The number of nitrogens with one attached hydrogen (secondary N) is 1. The van der Waals surface area contributed by atoms with Gasteiger partial charge in [-0.25, -0.2) is 14.8 Å². The molecule has 20 heavy (non-hydrogen) atoms. The van der Waals surface area contributed by atoms with E-state index in [4.69, 9.17) is 10.5 Å². The lowest BCUT2D eigenvalue weighted by molar-refractivity contribution is 0.0634. The maximum atomic E-state index is 11.6. The molecule has 2 rings (SSSR count). The second-order valence-corrected chi connectivity index (χ2v) is 6.95. The molecule has 6 heteroatoms. The van der Waals surface area contributed by atoms with Gasteiger partial charge < -0.3 is 10.5 Å². The summed E-state index contributed by atoms with van der Waals surface area (Å²) in [6.45, 7) is 9.61. The average molecular weight is 278 g/mol. The van der Waals surface area contributed by atoms with Crippen LogP contribution < -0.4 is 11.1 Å². The van der Waals surface area contributed by atoms with E-state index < -0.39 is 11.7 Å². The van der Waals surface area contributed by atoms with Crippen LogP contribution >= 0.6 is 0 Å². The highest BCUT2D eigenvalue weighted by molar-refractivity contribution is 5.82. The smallest absolute Gasteiger partial charge is 0.414 e. The summed E-state index contributed by atoms with van der Waals surface area (Å²) in [7, 11) is 0. The Bertz CT molecular complexity index is 519. The summed E-state index contributed by atoms with van der Waals surface area (Å²) < 4.78 is 5.13. The van der Waals surface area contributed by atoms with Gasteiger partial charge in [-0.15, -0.1) is 0 Å². The topological polar surface area (TPSA) is 90.1 Å². The van der Waals surface area contributed by atoms with E-state index in [1.807, 2.05) is 0 Å². The van der Waals surface area contributed by atoms with E-state index in [9.17, 15) is 4.79 Å². The highest BCUT2D eigenvalue weighted by Gasteiger charge is 2.59. The molecule has 6 nitrogen and oxygen atoms in total. The van der Waals surface area contributed by atoms with E-state index in [-0.39, 0.29) is 16.9 Å². The number of nitrogens with zero attached hydrogens (tertiary/aromatic N) is 2. The molecule has 0 aliphatic heterocycles. The van der Waals surface area contributed by atoms with Crippen molar-refractivity contribution in [2.45, 2.75) is 52.2 Å². The summed E-state index contributed by atoms with van der Waals surface area (Å²) in [6.07, 6.45) is 3.66. The molecular weight excluding hydrogens is 256 g/mol. The van der Waals surface area contributed by atoms with Gasteiger partial charge in [0.15, 0.2) is 0 Å². The van der Waals surface area contributed by atoms with E-state index in [1.165, 1.54) is 0 Å². The highest BCUT2D eigenvalue weighted by Crippen LogP contribution is 2.59. The molecule has 0 saturated heterocycles. The van der Waals surface area contributed by atoms with Crippen molar-refractivity contribution in [2.24, 2.45) is 11.1 Å². The standard InChI is InChI=1S/C14H22N4O2/c1-12(2,3)20-11(19)18-10-16-6-9(7-17-10)14(15)8-13(14,4)5/h6-7H,8,15H2,1-5H3,(H,16,17,18,19). The van der Waals surface area contributed by atoms with Crippen molar-refractivity contribution >= 4 is 12.0 Å². The minimum atomic E-state index is -0.570. The lowest BCUT2D eigenvalue weighted by atomic mass is 10.00. The van der Waals surface area contributed by atoms with Gasteiger partial charge >= 0.3 is 6.09 Å². The van der Waals surface area contributed by atoms with Gasteiger partial charge in [-0.2, -0.15) is 0 Å². The molecule has 0 aromatic carbocycles. The molecule has 1 amide bonds. The molecule has 1 aliphatic carbocycles. The van der Waals surface area contributed by atoms with Gasteiger partial charge in [-0.05, 0) is 32.6 Å². The molecule has 1 aliphatic rings. The van der Waals surface area contributed by atoms with Crippen molar-refractivity contribution in [3.8, 4) is 0 Å². The van der Waals surface area contributed by atoms with Gasteiger partial charge in [0.25, 0.3) is 0 Å². The van der Waals surface area contributed by atoms with E-state index in [1.54, 1.807) is 33.2 Å². The van der Waals surface area contributed by atoms with E-state index in [0.29, 0.717) is 0 Å². The monoisotopic (exact) mass is 278 g/mol. The summed E-state index contributed by atoms with van der Waals surface area (Å²) in [6, 6.07) is 0. The fourth-order valence-electron chi connectivity index (χ4n) is 2.16. The summed E-state index contributed by atoms with van der Waals surface area (Å²) in [5.41, 5.74) is 6.32. The molecule has 1 aromatic rings. The number of hydrogen-bond donors (Lipinski definition) is 2. The first-order valence-electron chi connectivity index (χ1n) is 6.65. The van der Waals surface area contributed by atoms with Crippen LogP contribution in [0.5, 0.6) is 0 Å². The minimum Gasteiger partial charge on any atom is -0.444 e. The fraction of sp³-hybridized carbons (Fsp3) is 0.643. The first kappa shape index (κ1) is 14.7. The second kappa shape index (κ2) is 4.41. The molecule has 110 valence electrons. The van der Waals surface area contributed by atoms with Gasteiger partial charge in [0, 0.05) is 23.5 Å². The van der Waals surface area contributed by atoms with Crippen molar-refractivity contribution in [3.05, 3.63) is 18.0 Å². The highest BCUT2D eigenvalue weighted by atomic mass is 16.6. The summed E-state index contributed by atoms with van der Waals surface area (Å²) >= 11 is 0. The predicted molar refractivity (Wildman–Crippen MR) is 76.2 cm³/mol. The van der Waals surface area contributed by atoms with Crippen molar-refractivity contribution < 1.29 is 9.53 Å². The first-order valence-corrected chi connectivity index (χ1v) is 6.65. The van der Waals surface area contributed by atoms with Gasteiger partial charge in [0.05, 0.1) is 0 Å². The Morgan fingerprint density at radius 1 is 1.35 bits per heavy atom. The van der Waals surface area contributed by atoms with Crippen molar-refractivity contribution in [3.63, 3.8) is 0 Å². The average Bonchev–Trinajstić information content (AvgIpc) is 2.77. The Balaban J connectivity index is 2.01. The SMILES string of the molecule is CC(C)(C)OC(=O)Nc1ncc(C2(N)CC2(C)C)cn1. The zero-order chi connectivity index (χ0) is 15.2. The maximum Gasteiger partial charge on any atom is 0.414 e. The number of aromatic nitrogens is 2. The van der Waals surface area contributed by atoms with E-state index in [2.05, 4.69) is 29.1 Å². The van der Waals surface area contributed by atoms with Crippen LogP contribution in [0.2, 0.25) is 0 Å². The lowest BCUT2D eigenvalue weighted by Gasteiger charge is -2.19. The van der Waals surface area contributed by atoms with E-state index in [0.717, 1.165) is 12.0 Å². The van der Waals surface area contributed by atoms with Crippen LogP contribution in [-0.4, -0.2) is 21.7 Å². The third-order valence-electron chi connectivity index (χ3n) is 3.58. The number of nitrogens with two attached hydrogens (primary N) is 1. The number of anilines is 1. The molecule has 0 spiro atoms. The number of ether oxygens (including phenoxy) is 1. The molecule has 0 bridgehead atoms. The number of amides is 1. The minimum absolute atomic E-state index is 0.0659. The van der Waals surface area contributed by atoms with Crippen molar-refractivity contribution in [1.82, 2.24) is 9.97 Å². The first-order chi connectivity index (χ1) is 9.03. The van der Waals surface area contributed by atoms with Gasteiger partial charge in [0.1, 0.15) is 5.60 Å². The Morgan fingerprint density at radius 2 is 1.85 bits per heavy atom. The van der Waals surface area contributed by atoms with Crippen LogP contribution in [0.1, 0.15) is 46.6 Å². The molecule has 1 heterocycles.